The van der Waals surface area contributed by atoms with Crippen molar-refractivity contribution in [3.05, 3.63) is 53.1 Å². The Morgan fingerprint density at radius 1 is 1.39 bits per heavy atom. The average molecular weight is 259 g/mol. The van der Waals surface area contributed by atoms with E-state index in [2.05, 4.69) is 9.97 Å². The highest BCUT2D eigenvalue weighted by atomic mass is 32.2. The van der Waals surface area contributed by atoms with E-state index in [1.807, 2.05) is 13.0 Å². The molecule has 1 aromatic heterocycles. The van der Waals surface area contributed by atoms with Gasteiger partial charge in [0, 0.05) is 17.6 Å². The van der Waals surface area contributed by atoms with Crippen LogP contribution in [0, 0.1) is 24.1 Å². The van der Waals surface area contributed by atoms with Crippen LogP contribution in [0.15, 0.2) is 35.6 Å². The molecule has 1 heterocycles. The van der Waals surface area contributed by atoms with Crippen LogP contribution in [0.4, 0.5) is 4.39 Å². The maximum absolute atomic E-state index is 13.5. The Labute approximate surface area is 109 Å². The minimum absolute atomic E-state index is 0.311. The fourth-order valence-electron chi connectivity index (χ4n) is 1.39. The predicted octanol–water partition coefficient (Wildman–Crippen LogP) is 3.09. The normalized spacial score (nSPS) is 10.1. The summed E-state index contributed by atoms with van der Waals surface area (Å²) in [5.74, 6) is 0.0966. The van der Waals surface area contributed by atoms with Gasteiger partial charge >= 0.3 is 0 Å². The largest absolute Gasteiger partial charge is 0.231 e. The monoisotopic (exact) mass is 259 g/mol. The van der Waals surface area contributed by atoms with Gasteiger partial charge in [0.2, 0.25) is 0 Å². The van der Waals surface area contributed by atoms with Crippen LogP contribution in [0.5, 0.6) is 0 Å². The van der Waals surface area contributed by atoms with Gasteiger partial charge in [0.25, 0.3) is 0 Å². The second-order valence-electron chi connectivity index (χ2n) is 3.69. The lowest BCUT2D eigenvalue weighted by molar-refractivity contribution is 0.617. The third kappa shape index (κ3) is 3.05. The third-order valence-corrected chi connectivity index (χ3v) is 3.21. The summed E-state index contributed by atoms with van der Waals surface area (Å²) in [6.07, 6.45) is 1.67. The molecule has 0 aliphatic rings. The van der Waals surface area contributed by atoms with Gasteiger partial charge in [-0.15, -0.1) is 0 Å². The topological polar surface area (TPSA) is 49.6 Å². The zero-order valence-electron chi connectivity index (χ0n) is 9.72. The number of thioether (sulfide) groups is 1. The summed E-state index contributed by atoms with van der Waals surface area (Å²) in [7, 11) is 0. The van der Waals surface area contributed by atoms with E-state index in [0.717, 1.165) is 5.69 Å². The van der Waals surface area contributed by atoms with Gasteiger partial charge in [-0.05, 0) is 36.8 Å². The molecule has 0 saturated heterocycles. The number of nitriles is 1. The van der Waals surface area contributed by atoms with E-state index in [0.29, 0.717) is 22.0 Å². The van der Waals surface area contributed by atoms with Crippen LogP contribution in [-0.4, -0.2) is 9.97 Å². The van der Waals surface area contributed by atoms with E-state index >= 15 is 0 Å². The molecule has 90 valence electrons. The smallest absolute Gasteiger partial charge is 0.188 e. The Bertz CT molecular complexity index is 607. The Hall–Kier alpha value is -1.93. The van der Waals surface area contributed by atoms with E-state index in [9.17, 15) is 4.39 Å². The minimum atomic E-state index is -0.311. The van der Waals surface area contributed by atoms with Gasteiger partial charge in [0.1, 0.15) is 5.82 Å². The molecule has 0 bridgehead atoms. The summed E-state index contributed by atoms with van der Waals surface area (Å²) < 4.78 is 13.5. The van der Waals surface area contributed by atoms with Gasteiger partial charge < -0.3 is 0 Å². The number of hydrogen-bond acceptors (Lipinski definition) is 4. The van der Waals surface area contributed by atoms with Crippen LogP contribution in [0.3, 0.4) is 0 Å². The number of benzene rings is 1. The highest BCUT2D eigenvalue weighted by Gasteiger charge is 2.06. The number of halogens is 1. The fourth-order valence-corrected chi connectivity index (χ4v) is 2.24. The van der Waals surface area contributed by atoms with Crippen LogP contribution in [-0.2, 0) is 5.75 Å². The molecule has 0 unspecified atom stereocenters. The summed E-state index contributed by atoms with van der Waals surface area (Å²) in [5, 5.41) is 9.38. The Kier molecular flexibility index (Phi) is 3.90. The SMILES string of the molecule is Cc1ccnc(SCc2cc(C#N)ccc2F)n1. The molecule has 0 aliphatic heterocycles. The molecule has 2 rings (SSSR count). The highest BCUT2D eigenvalue weighted by Crippen LogP contribution is 2.21. The van der Waals surface area contributed by atoms with E-state index in [-0.39, 0.29) is 5.82 Å². The van der Waals surface area contributed by atoms with E-state index in [4.69, 9.17) is 5.26 Å². The lowest BCUT2D eigenvalue weighted by atomic mass is 10.1. The Morgan fingerprint density at radius 3 is 2.94 bits per heavy atom. The van der Waals surface area contributed by atoms with Crippen molar-refractivity contribution in [2.45, 2.75) is 17.8 Å². The Balaban J connectivity index is 2.13. The molecule has 0 spiro atoms. The van der Waals surface area contributed by atoms with Gasteiger partial charge in [-0.3, -0.25) is 0 Å². The Morgan fingerprint density at radius 2 is 2.22 bits per heavy atom. The first-order chi connectivity index (χ1) is 8.69. The van der Waals surface area contributed by atoms with Crippen molar-refractivity contribution >= 4 is 11.8 Å². The fraction of sp³-hybridized carbons (Fsp3) is 0.154. The molecule has 3 nitrogen and oxygen atoms in total. The van der Waals surface area contributed by atoms with Crippen LogP contribution in [0.2, 0.25) is 0 Å². The van der Waals surface area contributed by atoms with Crippen LogP contribution < -0.4 is 0 Å². The van der Waals surface area contributed by atoms with Gasteiger partial charge in [-0.25, -0.2) is 14.4 Å². The average Bonchev–Trinajstić information content (AvgIpc) is 2.38. The van der Waals surface area contributed by atoms with Gasteiger partial charge in [-0.1, -0.05) is 11.8 Å². The maximum Gasteiger partial charge on any atom is 0.188 e. The van der Waals surface area contributed by atoms with Crippen molar-refractivity contribution in [2.24, 2.45) is 0 Å². The molecule has 0 N–H and O–H groups in total. The van der Waals surface area contributed by atoms with Crippen molar-refractivity contribution in [2.75, 3.05) is 0 Å². The number of nitrogens with zero attached hydrogens (tertiary/aromatic N) is 3. The molecule has 0 radical (unpaired) electrons. The predicted molar refractivity (Wildman–Crippen MR) is 67.4 cm³/mol. The van der Waals surface area contributed by atoms with Crippen molar-refractivity contribution in [1.29, 1.82) is 5.26 Å². The standard InChI is InChI=1S/C13H10FN3S/c1-9-4-5-16-13(17-9)18-8-11-6-10(7-15)2-3-12(11)14/h2-6H,8H2,1H3. The highest BCUT2D eigenvalue weighted by molar-refractivity contribution is 7.98. The van der Waals surface area contributed by atoms with Crippen LogP contribution in [0.1, 0.15) is 16.8 Å². The van der Waals surface area contributed by atoms with Crippen molar-refractivity contribution < 1.29 is 4.39 Å². The maximum atomic E-state index is 13.5. The second-order valence-corrected chi connectivity index (χ2v) is 4.63. The van der Waals surface area contributed by atoms with Gasteiger partial charge in [-0.2, -0.15) is 5.26 Å². The lowest BCUT2D eigenvalue weighted by Gasteiger charge is -2.03. The summed E-state index contributed by atoms with van der Waals surface area (Å²) >= 11 is 1.35. The molecule has 0 aliphatic carbocycles. The molecule has 2 aromatic rings. The first-order valence-electron chi connectivity index (χ1n) is 5.30. The quantitative estimate of drug-likeness (QED) is 0.628. The molecular weight excluding hydrogens is 249 g/mol. The number of rotatable bonds is 3. The summed E-state index contributed by atoms with van der Waals surface area (Å²) in [6, 6.07) is 8.13. The molecule has 5 heteroatoms. The molecule has 0 saturated carbocycles. The molecule has 1 aromatic carbocycles. The molecule has 0 atom stereocenters. The second kappa shape index (κ2) is 5.61. The van der Waals surface area contributed by atoms with E-state index < -0.39 is 0 Å². The summed E-state index contributed by atoms with van der Waals surface area (Å²) in [4.78, 5) is 8.32. The number of aryl methyl sites for hydroxylation is 1. The summed E-state index contributed by atoms with van der Waals surface area (Å²) in [5.41, 5.74) is 1.82. The number of hydrogen-bond donors (Lipinski definition) is 0. The van der Waals surface area contributed by atoms with Crippen LogP contribution >= 0.6 is 11.8 Å². The van der Waals surface area contributed by atoms with Gasteiger partial charge in [0.05, 0.1) is 11.6 Å². The summed E-state index contributed by atoms with van der Waals surface area (Å²) in [6.45, 7) is 1.88. The van der Waals surface area contributed by atoms with E-state index in [1.54, 1.807) is 18.3 Å². The zero-order valence-corrected chi connectivity index (χ0v) is 10.5. The molecule has 0 fully saturated rings. The van der Waals surface area contributed by atoms with Crippen molar-refractivity contribution in [1.82, 2.24) is 9.97 Å². The first kappa shape index (κ1) is 12.5. The lowest BCUT2D eigenvalue weighted by Crippen LogP contribution is -1.92. The van der Waals surface area contributed by atoms with E-state index in [1.165, 1.54) is 23.9 Å². The zero-order chi connectivity index (χ0) is 13.0. The third-order valence-electron chi connectivity index (χ3n) is 2.30. The minimum Gasteiger partial charge on any atom is -0.231 e. The molecule has 18 heavy (non-hydrogen) atoms. The number of aromatic nitrogens is 2. The van der Waals surface area contributed by atoms with Crippen LogP contribution in [0.25, 0.3) is 0 Å². The molecule has 0 amide bonds. The van der Waals surface area contributed by atoms with Crippen molar-refractivity contribution in [3.63, 3.8) is 0 Å². The molecular formula is C13H10FN3S. The van der Waals surface area contributed by atoms with Gasteiger partial charge in [0.15, 0.2) is 5.16 Å². The van der Waals surface area contributed by atoms with Crippen molar-refractivity contribution in [3.8, 4) is 6.07 Å². The first-order valence-corrected chi connectivity index (χ1v) is 6.28.